The Hall–Kier alpha value is -1.40. The molecule has 0 amide bonds. The molecule has 3 nitrogen and oxygen atoms in total. The molecule has 1 aromatic heterocycles. The summed E-state index contributed by atoms with van der Waals surface area (Å²) >= 11 is 0. The molecule has 78 valence electrons. The van der Waals surface area contributed by atoms with Gasteiger partial charge < -0.3 is 4.57 Å². The summed E-state index contributed by atoms with van der Waals surface area (Å²) in [6.07, 6.45) is -1.41. The predicted octanol–water partition coefficient (Wildman–Crippen LogP) is 1.60. The molecule has 0 fully saturated rings. The van der Waals surface area contributed by atoms with Crippen molar-refractivity contribution in [2.45, 2.75) is 18.9 Å². The molecule has 0 spiro atoms. The lowest BCUT2D eigenvalue weighted by Gasteiger charge is -2.15. The van der Waals surface area contributed by atoms with Crippen molar-refractivity contribution < 1.29 is 22.4 Å². The summed E-state index contributed by atoms with van der Waals surface area (Å²) in [6.45, 7) is -1.25. The smallest absolute Gasteiger partial charge is 0.322 e. The van der Waals surface area contributed by atoms with Gasteiger partial charge in [0.25, 0.3) is 0 Å². The van der Waals surface area contributed by atoms with Gasteiger partial charge in [-0.1, -0.05) is 0 Å². The summed E-state index contributed by atoms with van der Waals surface area (Å²) < 4.78 is 49.2. The molecule has 0 unspecified atom stereocenters. The number of halogens is 4. The van der Waals surface area contributed by atoms with Crippen LogP contribution in [0.4, 0.5) is 17.6 Å². The van der Waals surface area contributed by atoms with E-state index in [0.29, 0.717) is 4.57 Å². The zero-order valence-corrected chi connectivity index (χ0v) is 6.83. The Labute approximate surface area is 76.4 Å². The van der Waals surface area contributed by atoms with Crippen LogP contribution in [0.1, 0.15) is 10.6 Å². The Balaban J connectivity index is 2.83. The molecular formula is C7H6F4N2O. The minimum Gasteiger partial charge on any atom is -0.322 e. The molecule has 0 radical (unpaired) electrons. The average Bonchev–Trinajstić information content (AvgIpc) is 2.50. The summed E-state index contributed by atoms with van der Waals surface area (Å²) in [5, 5.41) is 0. The van der Waals surface area contributed by atoms with Crippen molar-refractivity contribution in [1.29, 1.82) is 0 Å². The first-order chi connectivity index (χ1) is 6.47. The first-order valence-electron chi connectivity index (χ1n) is 3.59. The van der Waals surface area contributed by atoms with E-state index in [1.54, 1.807) is 0 Å². The van der Waals surface area contributed by atoms with E-state index in [0.717, 1.165) is 12.4 Å². The normalized spacial score (nSPS) is 12.1. The number of imidazole rings is 1. The Morgan fingerprint density at radius 3 is 2.71 bits per heavy atom. The standard InChI is InChI=1S/C7H6F4N2O/c8-6(9)7(10,11)4-13-2-1-12-5(13)3-14/h1-3,6H,4H2. The van der Waals surface area contributed by atoms with Gasteiger partial charge in [0, 0.05) is 12.4 Å². The lowest BCUT2D eigenvalue weighted by molar-refractivity contribution is -0.137. The monoisotopic (exact) mass is 210 g/mol. The largest absolute Gasteiger partial charge is 0.324 e. The van der Waals surface area contributed by atoms with Gasteiger partial charge >= 0.3 is 12.3 Å². The number of rotatable bonds is 4. The van der Waals surface area contributed by atoms with Crippen LogP contribution in [0.25, 0.3) is 0 Å². The van der Waals surface area contributed by atoms with Gasteiger partial charge in [-0.25, -0.2) is 13.8 Å². The quantitative estimate of drug-likeness (QED) is 0.558. The maximum Gasteiger partial charge on any atom is 0.324 e. The average molecular weight is 210 g/mol. The third kappa shape index (κ3) is 2.09. The van der Waals surface area contributed by atoms with Gasteiger partial charge in [-0.05, 0) is 0 Å². The van der Waals surface area contributed by atoms with Crippen LogP contribution < -0.4 is 0 Å². The molecule has 0 bridgehead atoms. The van der Waals surface area contributed by atoms with Crippen molar-refractivity contribution in [3.05, 3.63) is 18.2 Å². The molecule has 0 aliphatic rings. The number of alkyl halides is 4. The Morgan fingerprint density at radius 2 is 2.21 bits per heavy atom. The number of hydrogen-bond donors (Lipinski definition) is 0. The van der Waals surface area contributed by atoms with Crippen molar-refractivity contribution in [3.8, 4) is 0 Å². The molecule has 1 heterocycles. The number of aldehydes is 1. The van der Waals surface area contributed by atoms with Crippen molar-refractivity contribution in [3.63, 3.8) is 0 Å². The van der Waals surface area contributed by atoms with Gasteiger partial charge in [0.15, 0.2) is 12.1 Å². The third-order valence-electron chi connectivity index (χ3n) is 1.55. The number of nitrogens with zero attached hydrogens (tertiary/aromatic N) is 2. The van der Waals surface area contributed by atoms with E-state index < -0.39 is 18.9 Å². The highest BCUT2D eigenvalue weighted by atomic mass is 19.3. The van der Waals surface area contributed by atoms with Crippen molar-refractivity contribution in [2.75, 3.05) is 0 Å². The van der Waals surface area contributed by atoms with Gasteiger partial charge in [0.05, 0.1) is 6.54 Å². The van der Waals surface area contributed by atoms with Crippen molar-refractivity contribution >= 4 is 6.29 Å². The van der Waals surface area contributed by atoms with Crippen LogP contribution >= 0.6 is 0 Å². The molecular weight excluding hydrogens is 204 g/mol. The second-order valence-corrected chi connectivity index (χ2v) is 2.59. The fourth-order valence-electron chi connectivity index (χ4n) is 0.869. The van der Waals surface area contributed by atoms with Gasteiger partial charge in [-0.2, -0.15) is 8.78 Å². The lowest BCUT2D eigenvalue weighted by atomic mass is 10.3. The first kappa shape index (κ1) is 10.7. The molecule has 1 rings (SSSR count). The van der Waals surface area contributed by atoms with Gasteiger partial charge in [-0.15, -0.1) is 0 Å². The number of hydrogen-bond acceptors (Lipinski definition) is 2. The van der Waals surface area contributed by atoms with Crippen LogP contribution in [-0.2, 0) is 6.54 Å². The van der Waals surface area contributed by atoms with Gasteiger partial charge in [0.2, 0.25) is 0 Å². The van der Waals surface area contributed by atoms with Crippen LogP contribution in [0.3, 0.4) is 0 Å². The summed E-state index contributed by atoms with van der Waals surface area (Å²) in [7, 11) is 0. The molecule has 0 atom stereocenters. The molecule has 0 N–H and O–H groups in total. The molecule has 0 saturated heterocycles. The predicted molar refractivity (Wildman–Crippen MR) is 38.6 cm³/mol. The van der Waals surface area contributed by atoms with Crippen LogP contribution in [0, 0.1) is 0 Å². The van der Waals surface area contributed by atoms with Crippen LogP contribution in [0.5, 0.6) is 0 Å². The van der Waals surface area contributed by atoms with E-state index in [9.17, 15) is 22.4 Å². The first-order valence-corrected chi connectivity index (χ1v) is 3.59. The highest BCUT2D eigenvalue weighted by Gasteiger charge is 2.41. The molecule has 7 heteroatoms. The Bertz CT molecular complexity index is 323. The van der Waals surface area contributed by atoms with E-state index >= 15 is 0 Å². The summed E-state index contributed by atoms with van der Waals surface area (Å²) in [4.78, 5) is 13.6. The molecule has 14 heavy (non-hydrogen) atoms. The fourth-order valence-corrected chi connectivity index (χ4v) is 0.869. The second kappa shape index (κ2) is 3.77. The number of aromatic nitrogens is 2. The minimum atomic E-state index is -4.15. The summed E-state index contributed by atoms with van der Waals surface area (Å²) in [5.74, 6) is -4.45. The van der Waals surface area contributed by atoms with Crippen LogP contribution in [0.2, 0.25) is 0 Å². The van der Waals surface area contributed by atoms with Crippen LogP contribution in [-0.4, -0.2) is 28.2 Å². The fraction of sp³-hybridized carbons (Fsp3) is 0.429. The third-order valence-corrected chi connectivity index (χ3v) is 1.55. The SMILES string of the molecule is O=Cc1nccn1CC(F)(F)C(F)F. The van der Waals surface area contributed by atoms with E-state index in [2.05, 4.69) is 4.98 Å². The highest BCUT2D eigenvalue weighted by Crippen LogP contribution is 2.24. The topological polar surface area (TPSA) is 34.9 Å². The number of carbonyl (C=O) groups excluding carboxylic acids is 1. The van der Waals surface area contributed by atoms with Crippen molar-refractivity contribution in [1.82, 2.24) is 9.55 Å². The highest BCUT2D eigenvalue weighted by molar-refractivity contribution is 5.69. The van der Waals surface area contributed by atoms with E-state index in [-0.39, 0.29) is 12.1 Å². The summed E-state index contributed by atoms with van der Waals surface area (Å²) in [6, 6.07) is 0. The second-order valence-electron chi connectivity index (χ2n) is 2.59. The zero-order chi connectivity index (χ0) is 10.8. The molecule has 1 aromatic rings. The molecule has 0 aromatic carbocycles. The molecule has 0 aliphatic carbocycles. The maximum absolute atomic E-state index is 12.5. The van der Waals surface area contributed by atoms with Gasteiger partial charge in [-0.3, -0.25) is 4.79 Å². The van der Waals surface area contributed by atoms with Crippen molar-refractivity contribution in [2.24, 2.45) is 0 Å². The molecule has 0 aliphatic heterocycles. The zero-order valence-electron chi connectivity index (χ0n) is 6.83. The lowest BCUT2D eigenvalue weighted by Crippen LogP contribution is -2.32. The summed E-state index contributed by atoms with van der Waals surface area (Å²) in [5.41, 5.74) is 0. The van der Waals surface area contributed by atoms with Gasteiger partial charge in [0.1, 0.15) is 0 Å². The van der Waals surface area contributed by atoms with E-state index in [1.165, 1.54) is 0 Å². The maximum atomic E-state index is 12.5. The minimum absolute atomic E-state index is 0.224. The van der Waals surface area contributed by atoms with E-state index in [4.69, 9.17) is 0 Å². The Kier molecular flexibility index (Phi) is 2.87. The van der Waals surface area contributed by atoms with Crippen LogP contribution in [0.15, 0.2) is 12.4 Å². The number of carbonyl (C=O) groups is 1. The Morgan fingerprint density at radius 1 is 1.57 bits per heavy atom. The molecule has 0 saturated carbocycles. The van der Waals surface area contributed by atoms with E-state index in [1.807, 2.05) is 0 Å².